The summed E-state index contributed by atoms with van der Waals surface area (Å²) in [6.45, 7) is 1.41. The van der Waals surface area contributed by atoms with Crippen molar-refractivity contribution in [1.82, 2.24) is 0 Å². The number of fused-ring (bicyclic) bond motifs is 1. The van der Waals surface area contributed by atoms with Gasteiger partial charge in [-0.15, -0.1) is 10.2 Å². The van der Waals surface area contributed by atoms with Crippen LogP contribution in [0, 0.1) is 6.92 Å². The number of anilines is 1. The van der Waals surface area contributed by atoms with E-state index in [4.69, 9.17) is 27.9 Å². The van der Waals surface area contributed by atoms with Crippen LogP contribution in [-0.4, -0.2) is 31.1 Å². The van der Waals surface area contributed by atoms with Crippen LogP contribution in [0.5, 0.6) is 11.5 Å². The summed E-state index contributed by atoms with van der Waals surface area (Å²) >= 11 is 12.3. The molecular formula is C25H19Cl2N3O6S. The maximum atomic E-state index is 13.2. The molecule has 1 amide bonds. The van der Waals surface area contributed by atoms with E-state index in [9.17, 15) is 22.9 Å². The van der Waals surface area contributed by atoms with Crippen LogP contribution < -0.4 is 10.1 Å². The van der Waals surface area contributed by atoms with E-state index in [0.29, 0.717) is 27.2 Å². The average molecular weight is 560 g/mol. The zero-order chi connectivity index (χ0) is 26.9. The van der Waals surface area contributed by atoms with Gasteiger partial charge < -0.3 is 15.2 Å². The molecule has 0 aromatic heterocycles. The number of aromatic hydroxyl groups is 1. The molecule has 4 rings (SSSR count). The summed E-state index contributed by atoms with van der Waals surface area (Å²) in [7, 11) is -3.10. The number of carbonyl (C=O) groups excluding carboxylic acids is 1. The SMILES string of the molecule is COc1ccc(Cl)cc1NC(=O)c1cc2ccccc2c(N=Nc2c(Cl)ccc(S(=O)(=O)O)c2C)c1O. The smallest absolute Gasteiger partial charge is 0.294 e. The molecule has 0 heterocycles. The highest BCUT2D eigenvalue weighted by Gasteiger charge is 2.21. The number of benzene rings is 4. The van der Waals surface area contributed by atoms with Gasteiger partial charge in [-0.05, 0) is 54.3 Å². The summed E-state index contributed by atoms with van der Waals surface area (Å²) in [4.78, 5) is 12.8. The second kappa shape index (κ2) is 10.3. The Morgan fingerprint density at radius 1 is 1.00 bits per heavy atom. The molecule has 0 radical (unpaired) electrons. The Morgan fingerprint density at radius 2 is 1.70 bits per heavy atom. The maximum absolute atomic E-state index is 13.2. The van der Waals surface area contributed by atoms with Crippen molar-refractivity contribution in [1.29, 1.82) is 0 Å². The van der Waals surface area contributed by atoms with Crippen molar-refractivity contribution in [2.24, 2.45) is 10.2 Å². The number of methoxy groups -OCH3 is 1. The molecular weight excluding hydrogens is 541 g/mol. The summed E-state index contributed by atoms with van der Waals surface area (Å²) in [5.74, 6) is -0.773. The van der Waals surface area contributed by atoms with Gasteiger partial charge >= 0.3 is 0 Å². The molecule has 0 saturated carbocycles. The Balaban J connectivity index is 1.84. The number of phenolic OH excluding ortho intramolecular Hbond substituents is 1. The Morgan fingerprint density at radius 3 is 2.41 bits per heavy atom. The molecule has 3 N–H and O–H groups in total. The summed E-state index contributed by atoms with van der Waals surface area (Å²) in [6.07, 6.45) is 0. The molecule has 0 aliphatic rings. The van der Waals surface area contributed by atoms with Crippen LogP contribution in [0.15, 0.2) is 75.8 Å². The van der Waals surface area contributed by atoms with Crippen molar-refractivity contribution >= 4 is 67.1 Å². The predicted molar refractivity (Wildman–Crippen MR) is 142 cm³/mol. The fraction of sp³-hybridized carbons (Fsp3) is 0.0800. The molecule has 12 heteroatoms. The van der Waals surface area contributed by atoms with E-state index in [0.717, 1.165) is 6.07 Å². The van der Waals surface area contributed by atoms with Crippen molar-refractivity contribution in [2.75, 3.05) is 12.4 Å². The minimum atomic E-state index is -4.54. The van der Waals surface area contributed by atoms with Gasteiger partial charge in [0.1, 0.15) is 17.1 Å². The first-order valence-corrected chi connectivity index (χ1v) is 12.8. The van der Waals surface area contributed by atoms with Crippen LogP contribution in [-0.2, 0) is 10.1 Å². The van der Waals surface area contributed by atoms with Gasteiger partial charge in [-0.1, -0.05) is 47.5 Å². The van der Waals surface area contributed by atoms with Gasteiger partial charge in [-0.2, -0.15) is 8.42 Å². The lowest BCUT2D eigenvalue weighted by molar-refractivity contribution is 0.102. The third-order valence-corrected chi connectivity index (χ3v) is 7.05. The quantitative estimate of drug-likeness (QED) is 0.170. The molecule has 190 valence electrons. The normalized spacial score (nSPS) is 11.7. The molecule has 0 fully saturated rings. The molecule has 0 unspecified atom stereocenters. The van der Waals surface area contributed by atoms with Crippen LogP contribution in [0.1, 0.15) is 15.9 Å². The number of carbonyl (C=O) groups is 1. The van der Waals surface area contributed by atoms with Crippen LogP contribution in [0.2, 0.25) is 10.0 Å². The summed E-state index contributed by atoms with van der Waals surface area (Å²) < 4.78 is 38.1. The van der Waals surface area contributed by atoms with Gasteiger partial charge in [0, 0.05) is 10.4 Å². The lowest BCUT2D eigenvalue weighted by Gasteiger charge is -2.13. The van der Waals surface area contributed by atoms with Gasteiger partial charge in [-0.3, -0.25) is 9.35 Å². The fourth-order valence-corrected chi connectivity index (χ4v) is 4.85. The van der Waals surface area contributed by atoms with Crippen molar-refractivity contribution in [3.63, 3.8) is 0 Å². The van der Waals surface area contributed by atoms with Gasteiger partial charge in [-0.25, -0.2) is 0 Å². The van der Waals surface area contributed by atoms with E-state index >= 15 is 0 Å². The van der Waals surface area contributed by atoms with E-state index in [1.54, 1.807) is 36.4 Å². The first-order chi connectivity index (χ1) is 17.5. The van der Waals surface area contributed by atoms with Crippen LogP contribution in [0.25, 0.3) is 10.8 Å². The standard InChI is InChI=1S/C25H19Cl2N3O6S/c1-13-21(37(33,34)35)10-8-18(27)22(13)29-30-23-16-6-4-3-5-14(16)11-17(24(23)31)25(32)28-19-12-15(26)7-9-20(19)36-2/h3-12,31H,1-2H3,(H,28,32)(H,33,34,35). The number of azo groups is 1. The van der Waals surface area contributed by atoms with E-state index in [1.165, 1.54) is 32.2 Å². The third-order valence-electron chi connectivity index (χ3n) is 5.51. The van der Waals surface area contributed by atoms with Crippen LogP contribution in [0.3, 0.4) is 0 Å². The largest absolute Gasteiger partial charge is 0.505 e. The first kappa shape index (κ1) is 26.4. The lowest BCUT2D eigenvalue weighted by atomic mass is 10.0. The summed E-state index contributed by atoms with van der Waals surface area (Å²) in [5, 5.41) is 23.4. The average Bonchev–Trinajstić information content (AvgIpc) is 2.84. The fourth-order valence-electron chi connectivity index (χ4n) is 3.71. The molecule has 0 saturated heterocycles. The highest BCUT2D eigenvalue weighted by atomic mass is 35.5. The van der Waals surface area contributed by atoms with Crippen molar-refractivity contribution in [3.8, 4) is 11.5 Å². The van der Waals surface area contributed by atoms with E-state index in [-0.39, 0.29) is 32.4 Å². The Hall–Kier alpha value is -3.70. The highest BCUT2D eigenvalue weighted by Crippen LogP contribution is 2.41. The lowest BCUT2D eigenvalue weighted by Crippen LogP contribution is -2.13. The van der Waals surface area contributed by atoms with E-state index < -0.39 is 21.8 Å². The summed E-state index contributed by atoms with van der Waals surface area (Å²) in [5.41, 5.74) is 0.168. The number of amides is 1. The third kappa shape index (κ3) is 5.37. The molecule has 0 atom stereocenters. The highest BCUT2D eigenvalue weighted by molar-refractivity contribution is 7.85. The number of nitrogens with zero attached hydrogens (tertiary/aromatic N) is 2. The number of ether oxygens (including phenoxy) is 1. The molecule has 0 bridgehead atoms. The zero-order valence-corrected chi connectivity index (χ0v) is 21.7. The number of hydrogen-bond donors (Lipinski definition) is 3. The number of hydrogen-bond acceptors (Lipinski definition) is 7. The molecule has 9 nitrogen and oxygen atoms in total. The molecule has 4 aromatic rings. The number of nitrogens with one attached hydrogen (secondary N) is 1. The number of rotatable bonds is 6. The number of halogens is 2. The molecule has 0 spiro atoms. The second-order valence-electron chi connectivity index (χ2n) is 7.84. The zero-order valence-electron chi connectivity index (χ0n) is 19.4. The number of phenols is 1. The van der Waals surface area contributed by atoms with Gasteiger partial charge in [0.25, 0.3) is 16.0 Å². The molecule has 4 aromatic carbocycles. The van der Waals surface area contributed by atoms with Crippen LogP contribution in [0.4, 0.5) is 17.1 Å². The molecule has 0 aliphatic heterocycles. The second-order valence-corrected chi connectivity index (χ2v) is 10.1. The minimum Gasteiger partial charge on any atom is -0.505 e. The van der Waals surface area contributed by atoms with Crippen LogP contribution >= 0.6 is 23.2 Å². The maximum Gasteiger partial charge on any atom is 0.294 e. The van der Waals surface area contributed by atoms with Gasteiger partial charge in [0.05, 0.1) is 28.3 Å². The van der Waals surface area contributed by atoms with Gasteiger partial charge in [0.2, 0.25) is 0 Å². The van der Waals surface area contributed by atoms with E-state index in [1.807, 2.05) is 0 Å². The molecule has 0 aliphatic carbocycles. The van der Waals surface area contributed by atoms with Gasteiger partial charge in [0.15, 0.2) is 5.75 Å². The topological polar surface area (TPSA) is 138 Å². The first-order valence-electron chi connectivity index (χ1n) is 10.6. The summed E-state index contributed by atoms with van der Waals surface area (Å²) in [6, 6.07) is 15.5. The Bertz CT molecular complexity index is 1690. The van der Waals surface area contributed by atoms with Crippen molar-refractivity contribution in [3.05, 3.63) is 81.8 Å². The Kier molecular flexibility index (Phi) is 7.37. The minimum absolute atomic E-state index is 0.0289. The Labute approximate surface area is 222 Å². The monoisotopic (exact) mass is 559 g/mol. The van der Waals surface area contributed by atoms with Crippen molar-refractivity contribution in [2.45, 2.75) is 11.8 Å². The predicted octanol–water partition coefficient (Wildman–Crippen LogP) is 7.08. The van der Waals surface area contributed by atoms with E-state index in [2.05, 4.69) is 15.5 Å². The van der Waals surface area contributed by atoms with Crippen molar-refractivity contribution < 1.29 is 27.6 Å². The molecule has 37 heavy (non-hydrogen) atoms.